The van der Waals surface area contributed by atoms with Crippen molar-refractivity contribution >= 4 is 11.8 Å². The van der Waals surface area contributed by atoms with Crippen LogP contribution in [-0.4, -0.2) is 63.4 Å². The van der Waals surface area contributed by atoms with Crippen molar-refractivity contribution in [1.29, 1.82) is 0 Å². The van der Waals surface area contributed by atoms with Crippen molar-refractivity contribution in [2.45, 2.75) is 31.8 Å². The summed E-state index contributed by atoms with van der Waals surface area (Å²) in [5, 5.41) is 7.57. The van der Waals surface area contributed by atoms with Crippen molar-refractivity contribution in [2.24, 2.45) is 5.92 Å². The number of hydrogen-bond acceptors (Lipinski definition) is 4. The summed E-state index contributed by atoms with van der Waals surface area (Å²) in [5.41, 5.74) is 1.44. The highest BCUT2D eigenvalue weighted by atomic mass is 16.5. The van der Waals surface area contributed by atoms with Crippen LogP contribution in [0.3, 0.4) is 0 Å². The molecular formula is C25H29N5O3. The smallest absolute Gasteiger partial charge is 0.259 e. The van der Waals surface area contributed by atoms with Gasteiger partial charge in [0.1, 0.15) is 5.56 Å². The van der Waals surface area contributed by atoms with Gasteiger partial charge in [0, 0.05) is 44.6 Å². The zero-order chi connectivity index (χ0) is 22.6. The van der Waals surface area contributed by atoms with Crippen LogP contribution in [0.25, 0.3) is 11.5 Å². The normalized spacial score (nSPS) is 19.0. The van der Waals surface area contributed by atoms with Gasteiger partial charge in [-0.3, -0.25) is 9.59 Å². The van der Waals surface area contributed by atoms with E-state index in [1.807, 2.05) is 64.3 Å². The van der Waals surface area contributed by atoms with Gasteiger partial charge < -0.3 is 19.5 Å². The zero-order valence-corrected chi connectivity index (χ0v) is 18.6. The topological polar surface area (TPSA) is 81.4 Å². The Morgan fingerprint density at radius 3 is 2.48 bits per heavy atom. The lowest BCUT2D eigenvalue weighted by Crippen LogP contribution is -2.44. The van der Waals surface area contributed by atoms with E-state index in [-0.39, 0.29) is 23.8 Å². The van der Waals surface area contributed by atoms with Crippen LogP contribution in [0.4, 0.5) is 0 Å². The lowest BCUT2D eigenvalue weighted by atomic mass is 9.95. The number of nitrogens with one attached hydrogen (secondary N) is 1. The number of benzene rings is 1. The Morgan fingerprint density at radius 1 is 1.03 bits per heavy atom. The van der Waals surface area contributed by atoms with E-state index >= 15 is 0 Å². The predicted octanol–water partition coefficient (Wildman–Crippen LogP) is 2.81. The molecule has 0 aliphatic carbocycles. The highest BCUT2D eigenvalue weighted by molar-refractivity contribution is 5.97. The van der Waals surface area contributed by atoms with Crippen LogP contribution in [0.15, 0.2) is 61.1 Å². The Balaban J connectivity index is 1.27. The maximum Gasteiger partial charge on any atom is 0.259 e. The molecule has 1 N–H and O–H groups in total. The molecule has 2 aromatic heterocycles. The first kappa shape index (κ1) is 21.5. The number of amides is 2. The van der Waals surface area contributed by atoms with Gasteiger partial charge >= 0.3 is 0 Å². The summed E-state index contributed by atoms with van der Waals surface area (Å²) in [7, 11) is 0. The van der Waals surface area contributed by atoms with Gasteiger partial charge in [-0.15, -0.1) is 0 Å². The van der Waals surface area contributed by atoms with Gasteiger partial charge in [-0.25, -0.2) is 4.68 Å². The van der Waals surface area contributed by atoms with Crippen LogP contribution in [0.1, 0.15) is 36.0 Å². The number of carbonyl (C=O) groups excluding carboxylic acids is 2. The maximum absolute atomic E-state index is 13.5. The third kappa shape index (κ3) is 4.57. The first-order valence-corrected chi connectivity index (χ1v) is 11.7. The molecule has 8 heteroatoms. The molecule has 33 heavy (non-hydrogen) atoms. The van der Waals surface area contributed by atoms with Gasteiger partial charge in [0.15, 0.2) is 5.82 Å². The fraction of sp³-hybridized carbons (Fsp3) is 0.400. The molecule has 0 saturated carbocycles. The molecule has 3 aromatic rings. The van der Waals surface area contributed by atoms with E-state index in [1.165, 1.54) is 0 Å². The molecule has 2 aliphatic heterocycles. The van der Waals surface area contributed by atoms with E-state index in [9.17, 15) is 9.59 Å². The molecule has 2 aliphatic rings. The number of hydrogen-bond donors (Lipinski definition) is 1. The third-order valence-electron chi connectivity index (χ3n) is 6.50. The Morgan fingerprint density at radius 2 is 1.79 bits per heavy atom. The zero-order valence-electron chi connectivity index (χ0n) is 18.6. The van der Waals surface area contributed by atoms with Gasteiger partial charge in [0.2, 0.25) is 5.91 Å². The predicted molar refractivity (Wildman–Crippen MR) is 124 cm³/mol. The molecule has 2 fully saturated rings. The number of carbonyl (C=O) groups is 2. The molecular weight excluding hydrogens is 418 g/mol. The summed E-state index contributed by atoms with van der Waals surface area (Å²) in [6.07, 6.45) is 9.01. The Kier molecular flexibility index (Phi) is 6.26. The highest BCUT2D eigenvalue weighted by Crippen LogP contribution is 2.24. The summed E-state index contributed by atoms with van der Waals surface area (Å²) in [4.78, 5) is 27.9. The van der Waals surface area contributed by atoms with Crippen LogP contribution in [0.2, 0.25) is 0 Å². The van der Waals surface area contributed by atoms with Crippen molar-refractivity contribution < 1.29 is 14.3 Å². The second kappa shape index (κ2) is 9.62. The number of rotatable bonds is 6. The molecule has 8 nitrogen and oxygen atoms in total. The minimum absolute atomic E-state index is 0.0564. The average molecular weight is 448 g/mol. The lowest BCUT2D eigenvalue weighted by molar-refractivity contribution is -0.126. The summed E-state index contributed by atoms with van der Waals surface area (Å²) >= 11 is 0. The molecule has 2 amide bonds. The van der Waals surface area contributed by atoms with E-state index in [0.717, 1.165) is 25.1 Å². The monoisotopic (exact) mass is 447 g/mol. The van der Waals surface area contributed by atoms with Crippen LogP contribution >= 0.6 is 0 Å². The van der Waals surface area contributed by atoms with Gasteiger partial charge in [-0.05, 0) is 49.9 Å². The number of likely N-dealkylation sites (tertiary alicyclic amines) is 1. The van der Waals surface area contributed by atoms with Gasteiger partial charge in [0.25, 0.3) is 5.91 Å². The van der Waals surface area contributed by atoms with Crippen LogP contribution in [-0.2, 0) is 9.53 Å². The van der Waals surface area contributed by atoms with Crippen molar-refractivity contribution in [1.82, 2.24) is 24.6 Å². The summed E-state index contributed by atoms with van der Waals surface area (Å²) < 4.78 is 9.29. The number of para-hydroxylation sites is 1. The van der Waals surface area contributed by atoms with Crippen molar-refractivity contribution in [3.05, 3.63) is 66.6 Å². The Hall–Kier alpha value is -3.39. The Labute approximate surface area is 193 Å². The third-order valence-corrected chi connectivity index (χ3v) is 6.50. The SMILES string of the molecule is O=C(NC[C@H]1CCCO1)C1CCN(C(=O)c2cnn(-c3ccccc3)c2-n2cccc2)CC1. The minimum Gasteiger partial charge on any atom is -0.376 e. The van der Waals surface area contributed by atoms with Crippen LogP contribution < -0.4 is 5.32 Å². The second-order valence-electron chi connectivity index (χ2n) is 8.67. The number of aromatic nitrogens is 3. The van der Waals surface area contributed by atoms with Crippen molar-refractivity contribution in [3.8, 4) is 11.5 Å². The van der Waals surface area contributed by atoms with E-state index in [4.69, 9.17) is 4.74 Å². The minimum atomic E-state index is -0.0635. The summed E-state index contributed by atoms with van der Waals surface area (Å²) in [6.45, 7) is 2.47. The summed E-state index contributed by atoms with van der Waals surface area (Å²) in [6, 6.07) is 13.6. The maximum atomic E-state index is 13.5. The molecule has 1 aromatic carbocycles. The van der Waals surface area contributed by atoms with E-state index < -0.39 is 0 Å². The second-order valence-corrected chi connectivity index (χ2v) is 8.67. The molecule has 0 spiro atoms. The average Bonchev–Trinajstić information content (AvgIpc) is 3.64. The van der Waals surface area contributed by atoms with Crippen LogP contribution in [0.5, 0.6) is 0 Å². The number of nitrogens with zero attached hydrogens (tertiary/aromatic N) is 4. The van der Waals surface area contributed by atoms with Crippen molar-refractivity contribution in [2.75, 3.05) is 26.2 Å². The standard InChI is InChI=1S/C25H29N5O3/c31-23(26-17-21-9-6-16-33-21)19-10-14-29(15-11-19)25(32)22-18-27-30(20-7-2-1-3-8-20)24(22)28-12-4-5-13-28/h1-5,7-8,12-13,18-19,21H,6,9-11,14-17H2,(H,26,31)/t21-/m1/s1. The molecule has 1 atom stereocenters. The van der Waals surface area contributed by atoms with E-state index in [0.29, 0.717) is 43.9 Å². The first-order valence-electron chi connectivity index (χ1n) is 11.7. The fourth-order valence-corrected chi connectivity index (χ4v) is 4.65. The number of ether oxygens (including phenoxy) is 1. The fourth-order valence-electron chi connectivity index (χ4n) is 4.65. The molecule has 0 bridgehead atoms. The highest BCUT2D eigenvalue weighted by Gasteiger charge is 2.31. The Bertz CT molecular complexity index is 1080. The summed E-state index contributed by atoms with van der Waals surface area (Å²) in [5.74, 6) is 0.667. The van der Waals surface area contributed by atoms with Gasteiger partial charge in [-0.1, -0.05) is 18.2 Å². The van der Waals surface area contributed by atoms with Gasteiger partial charge in [-0.2, -0.15) is 5.10 Å². The largest absolute Gasteiger partial charge is 0.376 e. The first-order chi connectivity index (χ1) is 16.2. The molecule has 5 rings (SSSR count). The lowest BCUT2D eigenvalue weighted by Gasteiger charge is -2.31. The van der Waals surface area contributed by atoms with E-state index in [2.05, 4.69) is 10.4 Å². The molecule has 172 valence electrons. The molecule has 2 saturated heterocycles. The van der Waals surface area contributed by atoms with Crippen molar-refractivity contribution in [3.63, 3.8) is 0 Å². The molecule has 0 radical (unpaired) electrons. The van der Waals surface area contributed by atoms with Gasteiger partial charge in [0.05, 0.1) is 18.0 Å². The molecule has 0 unspecified atom stereocenters. The van der Waals surface area contributed by atoms with Crippen LogP contribution in [0, 0.1) is 5.92 Å². The number of piperidine rings is 1. The van der Waals surface area contributed by atoms with E-state index in [1.54, 1.807) is 10.9 Å². The quantitative estimate of drug-likeness (QED) is 0.630. The molecule has 4 heterocycles.